The van der Waals surface area contributed by atoms with E-state index in [-0.39, 0.29) is 30.2 Å². The van der Waals surface area contributed by atoms with Crippen LogP contribution in [0.3, 0.4) is 0 Å². The summed E-state index contributed by atoms with van der Waals surface area (Å²) in [5.41, 5.74) is 1.59. The van der Waals surface area contributed by atoms with Gasteiger partial charge in [0, 0.05) is 11.6 Å². The Labute approximate surface area is 128 Å². The quantitative estimate of drug-likeness (QED) is 0.799. The number of benzene rings is 1. The zero-order valence-corrected chi connectivity index (χ0v) is 12.2. The molecule has 3 rings (SSSR count). The van der Waals surface area contributed by atoms with Crippen LogP contribution in [0.2, 0.25) is 0 Å². The lowest BCUT2D eigenvalue weighted by Crippen LogP contribution is -2.48. The molecule has 0 spiro atoms. The number of carbonyl (C=O) groups excluding carboxylic acids is 3. The van der Waals surface area contributed by atoms with Crippen LogP contribution in [0.4, 0.5) is 10.5 Å². The Kier molecular flexibility index (Phi) is 4.09. The smallest absolute Gasteiger partial charge is 0.321 e. The first-order valence-corrected chi connectivity index (χ1v) is 7.63. The van der Waals surface area contributed by atoms with Gasteiger partial charge in [-0.25, -0.2) is 4.79 Å². The molecule has 6 nitrogen and oxygen atoms in total. The summed E-state index contributed by atoms with van der Waals surface area (Å²) in [4.78, 5) is 34.8. The third-order valence-electron chi connectivity index (χ3n) is 4.25. The van der Waals surface area contributed by atoms with Crippen LogP contribution < -0.4 is 16.0 Å². The molecule has 1 saturated heterocycles. The van der Waals surface area contributed by atoms with Crippen LogP contribution in [0.1, 0.15) is 43.7 Å². The van der Waals surface area contributed by atoms with Crippen molar-refractivity contribution >= 4 is 23.5 Å². The van der Waals surface area contributed by atoms with Gasteiger partial charge in [-0.05, 0) is 30.5 Å². The molecule has 1 aliphatic carbocycles. The second kappa shape index (κ2) is 6.17. The molecule has 116 valence electrons. The van der Waals surface area contributed by atoms with E-state index >= 15 is 0 Å². The SMILES string of the molecule is O=C1CC(c2ccc(NC(=O)C3CCCC3)cc2)NC(=O)N1. The molecule has 1 atom stereocenters. The zero-order chi connectivity index (χ0) is 15.5. The van der Waals surface area contributed by atoms with Gasteiger partial charge in [0.25, 0.3) is 0 Å². The maximum absolute atomic E-state index is 12.1. The number of nitrogens with one attached hydrogen (secondary N) is 3. The second-order valence-electron chi connectivity index (χ2n) is 5.87. The van der Waals surface area contributed by atoms with E-state index in [4.69, 9.17) is 0 Å². The highest BCUT2D eigenvalue weighted by atomic mass is 16.2. The van der Waals surface area contributed by atoms with Crippen LogP contribution in [0.5, 0.6) is 0 Å². The van der Waals surface area contributed by atoms with Crippen LogP contribution in [0, 0.1) is 5.92 Å². The van der Waals surface area contributed by atoms with Gasteiger partial charge in [0.15, 0.2) is 0 Å². The van der Waals surface area contributed by atoms with Crippen LogP contribution >= 0.6 is 0 Å². The van der Waals surface area contributed by atoms with Gasteiger partial charge in [-0.15, -0.1) is 0 Å². The van der Waals surface area contributed by atoms with Crippen molar-refractivity contribution in [1.82, 2.24) is 10.6 Å². The minimum absolute atomic E-state index is 0.0793. The van der Waals surface area contributed by atoms with E-state index in [1.807, 2.05) is 12.1 Å². The number of urea groups is 1. The molecule has 2 fully saturated rings. The molecule has 2 aliphatic rings. The average Bonchev–Trinajstić information content (AvgIpc) is 3.01. The topological polar surface area (TPSA) is 87.3 Å². The third kappa shape index (κ3) is 3.27. The molecule has 6 heteroatoms. The number of carbonyl (C=O) groups is 3. The first-order chi connectivity index (χ1) is 10.6. The number of anilines is 1. The minimum Gasteiger partial charge on any atom is -0.330 e. The molecule has 0 bridgehead atoms. The lowest BCUT2D eigenvalue weighted by Gasteiger charge is -2.23. The fraction of sp³-hybridized carbons (Fsp3) is 0.438. The highest BCUT2D eigenvalue weighted by molar-refractivity contribution is 5.97. The van der Waals surface area contributed by atoms with Crippen molar-refractivity contribution < 1.29 is 14.4 Å². The van der Waals surface area contributed by atoms with Crippen LogP contribution in [0.25, 0.3) is 0 Å². The van der Waals surface area contributed by atoms with E-state index in [2.05, 4.69) is 16.0 Å². The summed E-state index contributed by atoms with van der Waals surface area (Å²) < 4.78 is 0. The Morgan fingerprint density at radius 1 is 1.09 bits per heavy atom. The number of rotatable bonds is 3. The number of imide groups is 1. The van der Waals surface area contributed by atoms with E-state index < -0.39 is 6.03 Å². The van der Waals surface area contributed by atoms with Crippen LogP contribution in [0.15, 0.2) is 24.3 Å². The molecule has 1 aliphatic heterocycles. The van der Waals surface area contributed by atoms with Crippen molar-refractivity contribution in [2.75, 3.05) is 5.32 Å². The molecule has 4 amide bonds. The standard InChI is InChI=1S/C16H19N3O3/c20-14-9-13(18-16(22)19-14)10-5-7-12(8-6-10)17-15(21)11-3-1-2-4-11/h5-8,11,13H,1-4,9H2,(H,17,21)(H2,18,19,20,22). The van der Waals surface area contributed by atoms with E-state index in [9.17, 15) is 14.4 Å². The van der Waals surface area contributed by atoms with Gasteiger partial charge in [-0.1, -0.05) is 25.0 Å². The summed E-state index contributed by atoms with van der Waals surface area (Å²) in [6, 6.07) is 6.48. The lowest BCUT2D eigenvalue weighted by atomic mass is 10.0. The maximum atomic E-state index is 12.1. The van der Waals surface area contributed by atoms with Crippen molar-refractivity contribution in [1.29, 1.82) is 0 Å². The zero-order valence-electron chi connectivity index (χ0n) is 12.2. The van der Waals surface area contributed by atoms with Gasteiger partial charge in [0.05, 0.1) is 12.5 Å². The van der Waals surface area contributed by atoms with Gasteiger partial charge < -0.3 is 10.6 Å². The first kappa shape index (κ1) is 14.6. The highest BCUT2D eigenvalue weighted by Crippen LogP contribution is 2.26. The highest BCUT2D eigenvalue weighted by Gasteiger charge is 2.25. The lowest BCUT2D eigenvalue weighted by molar-refractivity contribution is -0.121. The van der Waals surface area contributed by atoms with Crippen molar-refractivity contribution in [2.24, 2.45) is 5.92 Å². The monoisotopic (exact) mass is 301 g/mol. The third-order valence-corrected chi connectivity index (χ3v) is 4.25. The summed E-state index contributed by atoms with van der Waals surface area (Å²) in [6.45, 7) is 0. The predicted octanol–water partition coefficient (Wildman–Crippen LogP) is 2.09. The van der Waals surface area contributed by atoms with Crippen molar-refractivity contribution in [3.63, 3.8) is 0 Å². The molecule has 1 unspecified atom stereocenters. The summed E-state index contributed by atoms with van der Waals surface area (Å²) in [7, 11) is 0. The molecular weight excluding hydrogens is 282 g/mol. The Morgan fingerprint density at radius 3 is 2.41 bits per heavy atom. The Hall–Kier alpha value is -2.37. The Morgan fingerprint density at radius 2 is 1.77 bits per heavy atom. The molecule has 1 aromatic rings. The Bertz CT molecular complexity index is 575. The van der Waals surface area contributed by atoms with Gasteiger partial charge in [-0.3, -0.25) is 14.9 Å². The molecular formula is C16H19N3O3. The van der Waals surface area contributed by atoms with Gasteiger partial charge >= 0.3 is 6.03 Å². The number of hydrogen-bond acceptors (Lipinski definition) is 3. The molecule has 0 aromatic heterocycles. The molecule has 22 heavy (non-hydrogen) atoms. The second-order valence-corrected chi connectivity index (χ2v) is 5.87. The first-order valence-electron chi connectivity index (χ1n) is 7.63. The van der Waals surface area contributed by atoms with Crippen molar-refractivity contribution in [2.45, 2.75) is 38.1 Å². The van der Waals surface area contributed by atoms with E-state index in [0.717, 1.165) is 36.9 Å². The average molecular weight is 301 g/mol. The molecule has 0 radical (unpaired) electrons. The molecule has 3 N–H and O–H groups in total. The summed E-state index contributed by atoms with van der Waals surface area (Å²) in [5.74, 6) is -0.0797. The fourth-order valence-electron chi connectivity index (χ4n) is 3.04. The molecule has 1 saturated carbocycles. The largest absolute Gasteiger partial charge is 0.330 e. The molecule has 1 aromatic carbocycles. The number of hydrogen-bond donors (Lipinski definition) is 3. The summed E-state index contributed by atoms with van der Waals surface area (Å²) >= 11 is 0. The maximum Gasteiger partial charge on any atom is 0.321 e. The molecule has 1 heterocycles. The summed E-state index contributed by atoms with van der Waals surface area (Å²) in [6.07, 6.45) is 4.40. The van der Waals surface area contributed by atoms with E-state index in [1.54, 1.807) is 12.1 Å². The van der Waals surface area contributed by atoms with Gasteiger partial charge in [0.2, 0.25) is 11.8 Å². The van der Waals surface area contributed by atoms with E-state index in [1.165, 1.54) is 0 Å². The van der Waals surface area contributed by atoms with Gasteiger partial charge in [0.1, 0.15) is 0 Å². The van der Waals surface area contributed by atoms with Crippen LogP contribution in [-0.2, 0) is 9.59 Å². The fourth-order valence-corrected chi connectivity index (χ4v) is 3.04. The van der Waals surface area contributed by atoms with Crippen molar-refractivity contribution in [3.8, 4) is 0 Å². The normalized spacial score (nSPS) is 22.1. The minimum atomic E-state index is -0.472. The predicted molar refractivity (Wildman–Crippen MR) is 81.1 cm³/mol. The van der Waals surface area contributed by atoms with E-state index in [0.29, 0.717) is 0 Å². The summed E-state index contributed by atoms with van der Waals surface area (Å²) in [5, 5.41) is 7.84. The number of amides is 4. The van der Waals surface area contributed by atoms with Crippen molar-refractivity contribution in [3.05, 3.63) is 29.8 Å². The van der Waals surface area contributed by atoms with Gasteiger partial charge in [-0.2, -0.15) is 0 Å². The Balaban J connectivity index is 1.63. The van der Waals surface area contributed by atoms with Crippen LogP contribution in [-0.4, -0.2) is 17.8 Å².